The highest BCUT2D eigenvalue weighted by atomic mass is 16.1. The second kappa shape index (κ2) is 4.74. The molecule has 0 aliphatic heterocycles. The summed E-state index contributed by atoms with van der Waals surface area (Å²) in [5.74, 6) is 0.339. The third-order valence-corrected chi connectivity index (χ3v) is 3.51. The number of hydrogen-bond acceptors (Lipinski definition) is 1. The first-order chi connectivity index (χ1) is 8.19. The fourth-order valence-corrected chi connectivity index (χ4v) is 2.17. The maximum atomic E-state index is 12.2. The molecule has 2 rings (SSSR count). The summed E-state index contributed by atoms with van der Waals surface area (Å²) in [6.07, 6.45) is 3.73. The number of aromatic amines is 1. The van der Waals surface area contributed by atoms with Crippen LogP contribution in [0, 0.1) is 5.92 Å². The summed E-state index contributed by atoms with van der Waals surface area (Å²) in [5, 5.41) is 1.06. The molecule has 1 aromatic heterocycles. The number of para-hydroxylation sites is 1. The molecular weight excluding hydrogens is 210 g/mol. The van der Waals surface area contributed by atoms with Gasteiger partial charge in [-0.3, -0.25) is 4.79 Å². The van der Waals surface area contributed by atoms with Crippen LogP contribution in [0.15, 0.2) is 24.4 Å². The zero-order valence-corrected chi connectivity index (χ0v) is 10.7. The molecule has 0 amide bonds. The van der Waals surface area contributed by atoms with Gasteiger partial charge in [-0.25, -0.2) is 0 Å². The number of Topliss-reactive ketones (excluding diaryl/α,β-unsaturated/α-hetero) is 1. The number of H-pyrrole nitrogens is 1. The minimum atomic E-state index is 0.0966. The minimum absolute atomic E-state index is 0.0966. The third-order valence-electron chi connectivity index (χ3n) is 3.51. The first-order valence-corrected chi connectivity index (χ1v) is 6.32. The summed E-state index contributed by atoms with van der Waals surface area (Å²) in [6, 6.07) is 6.17. The summed E-state index contributed by atoms with van der Waals surface area (Å²) in [6.45, 7) is 6.17. The van der Waals surface area contributed by atoms with Crippen molar-refractivity contribution in [1.82, 2.24) is 4.98 Å². The molecule has 17 heavy (non-hydrogen) atoms. The van der Waals surface area contributed by atoms with Crippen molar-refractivity contribution in [2.75, 3.05) is 0 Å². The maximum Gasteiger partial charge on any atom is 0.167 e. The highest BCUT2D eigenvalue weighted by Crippen LogP contribution is 2.24. The van der Waals surface area contributed by atoms with Crippen LogP contribution in [-0.2, 0) is 6.42 Å². The van der Waals surface area contributed by atoms with Gasteiger partial charge in [0.05, 0.1) is 0 Å². The van der Waals surface area contributed by atoms with Crippen molar-refractivity contribution in [3.8, 4) is 0 Å². The number of hydrogen-bond donors (Lipinski definition) is 1. The van der Waals surface area contributed by atoms with Crippen LogP contribution in [0.1, 0.15) is 43.1 Å². The van der Waals surface area contributed by atoms with Crippen LogP contribution in [0.25, 0.3) is 10.9 Å². The molecule has 2 aromatic rings. The van der Waals surface area contributed by atoms with Crippen molar-refractivity contribution in [1.29, 1.82) is 0 Å². The molecule has 0 aliphatic rings. The Kier molecular flexibility index (Phi) is 3.32. The molecule has 0 aliphatic carbocycles. The van der Waals surface area contributed by atoms with Gasteiger partial charge in [-0.2, -0.15) is 0 Å². The van der Waals surface area contributed by atoms with Crippen LogP contribution in [-0.4, -0.2) is 10.8 Å². The van der Waals surface area contributed by atoms with Crippen LogP contribution in [0.4, 0.5) is 0 Å². The van der Waals surface area contributed by atoms with Gasteiger partial charge in [-0.1, -0.05) is 39.0 Å². The first-order valence-electron chi connectivity index (χ1n) is 6.32. The predicted molar refractivity (Wildman–Crippen MR) is 71.5 cm³/mol. The van der Waals surface area contributed by atoms with E-state index in [2.05, 4.69) is 24.9 Å². The predicted octanol–water partition coefficient (Wildman–Crippen LogP) is 3.96. The quantitative estimate of drug-likeness (QED) is 0.791. The normalized spacial score (nSPS) is 12.9. The average molecular weight is 229 g/mol. The van der Waals surface area contributed by atoms with Crippen molar-refractivity contribution in [2.45, 2.75) is 33.6 Å². The van der Waals surface area contributed by atoms with Crippen LogP contribution in [0.5, 0.6) is 0 Å². The van der Waals surface area contributed by atoms with Gasteiger partial charge in [0.15, 0.2) is 5.78 Å². The van der Waals surface area contributed by atoms with Gasteiger partial charge in [0, 0.05) is 28.6 Å². The summed E-state index contributed by atoms with van der Waals surface area (Å²) < 4.78 is 0. The second-order valence-corrected chi connectivity index (χ2v) is 4.57. The van der Waals surface area contributed by atoms with Crippen molar-refractivity contribution >= 4 is 16.7 Å². The van der Waals surface area contributed by atoms with Gasteiger partial charge in [-0.15, -0.1) is 0 Å². The Morgan fingerprint density at radius 1 is 1.35 bits per heavy atom. The number of rotatable bonds is 4. The van der Waals surface area contributed by atoms with E-state index in [4.69, 9.17) is 0 Å². The van der Waals surface area contributed by atoms with E-state index in [1.54, 1.807) is 0 Å². The average Bonchev–Trinajstić information content (AvgIpc) is 2.80. The number of nitrogens with one attached hydrogen (secondary N) is 1. The lowest BCUT2D eigenvalue weighted by atomic mass is 9.96. The maximum absolute atomic E-state index is 12.2. The van der Waals surface area contributed by atoms with Gasteiger partial charge in [0.2, 0.25) is 0 Å². The van der Waals surface area contributed by atoms with Crippen LogP contribution >= 0.6 is 0 Å². The molecule has 0 spiro atoms. The fourth-order valence-electron chi connectivity index (χ4n) is 2.17. The number of aromatic nitrogens is 1. The van der Waals surface area contributed by atoms with Gasteiger partial charge in [0.1, 0.15) is 0 Å². The third kappa shape index (κ3) is 1.99. The van der Waals surface area contributed by atoms with Crippen molar-refractivity contribution < 1.29 is 4.79 Å². The molecule has 0 saturated carbocycles. The molecule has 2 heteroatoms. The number of ketones is 1. The Hall–Kier alpha value is -1.57. The van der Waals surface area contributed by atoms with Crippen LogP contribution in [0.3, 0.4) is 0 Å². The number of benzene rings is 1. The summed E-state index contributed by atoms with van der Waals surface area (Å²) in [4.78, 5) is 15.5. The number of carbonyl (C=O) groups is 1. The fraction of sp³-hybridized carbons (Fsp3) is 0.400. The summed E-state index contributed by atoms with van der Waals surface area (Å²) in [7, 11) is 0. The zero-order chi connectivity index (χ0) is 12.4. The van der Waals surface area contributed by atoms with Crippen molar-refractivity contribution in [2.24, 2.45) is 5.92 Å². The van der Waals surface area contributed by atoms with E-state index in [9.17, 15) is 4.79 Å². The molecule has 1 atom stereocenters. The lowest BCUT2D eigenvalue weighted by Crippen LogP contribution is -2.09. The second-order valence-electron chi connectivity index (χ2n) is 4.57. The molecule has 1 unspecified atom stereocenters. The first kappa shape index (κ1) is 11.9. The Morgan fingerprint density at radius 3 is 2.76 bits per heavy atom. The standard InChI is InChI=1S/C15H19NO/c1-4-10(3)15(17)13-9-16-14-11(5-2)7-6-8-12(13)14/h6-10,16H,4-5H2,1-3H3. The topological polar surface area (TPSA) is 32.9 Å². The number of carbonyl (C=O) groups excluding carboxylic acids is 1. The van der Waals surface area contributed by atoms with Crippen LogP contribution in [0.2, 0.25) is 0 Å². The monoisotopic (exact) mass is 229 g/mol. The molecule has 0 saturated heterocycles. The SMILES string of the molecule is CCc1cccc2c(C(=O)C(C)CC)c[nH]c12. The van der Waals surface area contributed by atoms with E-state index in [0.717, 1.165) is 29.3 Å². The highest BCUT2D eigenvalue weighted by molar-refractivity contribution is 6.09. The van der Waals surface area contributed by atoms with E-state index in [1.807, 2.05) is 25.3 Å². The van der Waals surface area contributed by atoms with E-state index < -0.39 is 0 Å². The van der Waals surface area contributed by atoms with Gasteiger partial charge < -0.3 is 4.98 Å². The van der Waals surface area contributed by atoms with Crippen LogP contribution < -0.4 is 0 Å². The Bertz CT molecular complexity index is 539. The Morgan fingerprint density at radius 2 is 2.12 bits per heavy atom. The number of fused-ring (bicyclic) bond motifs is 1. The van der Waals surface area contributed by atoms with Crippen molar-refractivity contribution in [3.05, 3.63) is 35.5 Å². The van der Waals surface area contributed by atoms with E-state index in [1.165, 1.54) is 5.56 Å². The van der Waals surface area contributed by atoms with E-state index in [0.29, 0.717) is 0 Å². The lowest BCUT2D eigenvalue weighted by molar-refractivity contribution is 0.0929. The zero-order valence-electron chi connectivity index (χ0n) is 10.7. The molecule has 2 nitrogen and oxygen atoms in total. The lowest BCUT2D eigenvalue weighted by Gasteiger charge is -2.06. The Balaban J connectivity index is 2.54. The summed E-state index contributed by atoms with van der Waals surface area (Å²) >= 11 is 0. The molecule has 90 valence electrons. The Labute approximate surface area is 102 Å². The molecule has 1 aromatic carbocycles. The number of aryl methyl sites for hydroxylation is 1. The molecule has 1 N–H and O–H groups in total. The summed E-state index contributed by atoms with van der Waals surface area (Å²) in [5.41, 5.74) is 3.22. The van der Waals surface area contributed by atoms with Gasteiger partial charge in [-0.05, 0) is 18.4 Å². The van der Waals surface area contributed by atoms with E-state index >= 15 is 0 Å². The minimum Gasteiger partial charge on any atom is -0.360 e. The molecule has 1 heterocycles. The molecule has 0 bridgehead atoms. The molecule has 0 radical (unpaired) electrons. The van der Waals surface area contributed by atoms with Gasteiger partial charge >= 0.3 is 0 Å². The largest absolute Gasteiger partial charge is 0.360 e. The van der Waals surface area contributed by atoms with Crippen molar-refractivity contribution in [3.63, 3.8) is 0 Å². The molecule has 0 fully saturated rings. The molecular formula is C15H19NO. The highest BCUT2D eigenvalue weighted by Gasteiger charge is 2.17. The van der Waals surface area contributed by atoms with Gasteiger partial charge in [0.25, 0.3) is 0 Å². The van der Waals surface area contributed by atoms with E-state index in [-0.39, 0.29) is 11.7 Å². The smallest absolute Gasteiger partial charge is 0.167 e.